The highest BCUT2D eigenvalue weighted by atomic mass is 32.1. The first-order valence-corrected chi connectivity index (χ1v) is 10.8. The third-order valence-electron chi connectivity index (χ3n) is 5.84. The van der Waals surface area contributed by atoms with Gasteiger partial charge >= 0.3 is 0 Å². The van der Waals surface area contributed by atoms with Crippen molar-refractivity contribution in [3.05, 3.63) is 108 Å². The highest BCUT2D eigenvalue weighted by molar-refractivity contribution is 7.80. The third-order valence-corrected chi connectivity index (χ3v) is 6.16. The van der Waals surface area contributed by atoms with Gasteiger partial charge in [-0.05, 0) is 73.6 Å². The molecule has 0 saturated carbocycles. The van der Waals surface area contributed by atoms with Crippen molar-refractivity contribution in [3.63, 3.8) is 0 Å². The summed E-state index contributed by atoms with van der Waals surface area (Å²) in [4.78, 5) is 6.75. The number of pyridine rings is 1. The first-order valence-electron chi connectivity index (χ1n) is 10.3. The molecule has 3 heterocycles. The fourth-order valence-electron chi connectivity index (χ4n) is 4.07. The molecule has 0 amide bonds. The van der Waals surface area contributed by atoms with Crippen molar-refractivity contribution in [1.82, 2.24) is 10.3 Å². The fraction of sp³-hybridized carbons (Fsp3) is 0.154. The SMILES string of the molecule is Cc1ccc(N2C(=S)N[C@@H](c3ccccn3)[C@@H]2c2ccc(-c3ccccc3)o2)cc1C. The smallest absolute Gasteiger partial charge is 0.174 e. The van der Waals surface area contributed by atoms with E-state index in [0.717, 1.165) is 28.5 Å². The second kappa shape index (κ2) is 8.00. The van der Waals surface area contributed by atoms with Crippen LogP contribution in [0.2, 0.25) is 0 Å². The number of thiocarbonyl (C=S) groups is 1. The number of anilines is 1. The Bertz CT molecular complexity index is 1220. The molecule has 0 unspecified atom stereocenters. The molecule has 5 rings (SSSR count). The number of hydrogen-bond donors (Lipinski definition) is 1. The van der Waals surface area contributed by atoms with Crippen molar-refractivity contribution < 1.29 is 4.42 Å². The molecular formula is C26H23N3OS. The van der Waals surface area contributed by atoms with Crippen molar-refractivity contribution in [2.24, 2.45) is 0 Å². The first kappa shape index (κ1) is 19.5. The molecule has 1 aliphatic rings. The van der Waals surface area contributed by atoms with Crippen LogP contribution in [0.1, 0.15) is 34.7 Å². The van der Waals surface area contributed by atoms with E-state index in [1.807, 2.05) is 54.7 Å². The number of nitrogens with zero attached hydrogens (tertiary/aromatic N) is 2. The van der Waals surface area contributed by atoms with E-state index in [-0.39, 0.29) is 12.1 Å². The third kappa shape index (κ3) is 3.62. The van der Waals surface area contributed by atoms with Gasteiger partial charge in [-0.3, -0.25) is 4.98 Å². The zero-order valence-corrected chi connectivity index (χ0v) is 18.3. The summed E-state index contributed by atoms with van der Waals surface area (Å²) in [6.45, 7) is 4.24. The van der Waals surface area contributed by atoms with Crippen LogP contribution in [0.5, 0.6) is 0 Å². The van der Waals surface area contributed by atoms with Gasteiger partial charge in [-0.15, -0.1) is 0 Å². The van der Waals surface area contributed by atoms with E-state index >= 15 is 0 Å². The Hall–Kier alpha value is -3.44. The molecule has 4 aromatic rings. The Labute approximate surface area is 187 Å². The van der Waals surface area contributed by atoms with E-state index in [4.69, 9.17) is 16.6 Å². The van der Waals surface area contributed by atoms with E-state index < -0.39 is 0 Å². The zero-order chi connectivity index (χ0) is 21.4. The van der Waals surface area contributed by atoms with Gasteiger partial charge in [-0.25, -0.2) is 0 Å². The quantitative estimate of drug-likeness (QED) is 0.398. The highest BCUT2D eigenvalue weighted by Gasteiger charge is 2.42. The minimum Gasteiger partial charge on any atom is -0.459 e. The second-order valence-electron chi connectivity index (χ2n) is 7.83. The molecular weight excluding hydrogens is 402 g/mol. The number of furan rings is 1. The van der Waals surface area contributed by atoms with Crippen LogP contribution in [-0.4, -0.2) is 10.1 Å². The van der Waals surface area contributed by atoms with Crippen LogP contribution in [0.15, 0.2) is 89.5 Å². The summed E-state index contributed by atoms with van der Waals surface area (Å²) in [5, 5.41) is 4.15. The average molecular weight is 426 g/mol. The number of aryl methyl sites for hydroxylation is 2. The summed E-state index contributed by atoms with van der Waals surface area (Å²) >= 11 is 5.80. The van der Waals surface area contributed by atoms with Crippen molar-refractivity contribution in [3.8, 4) is 11.3 Å². The van der Waals surface area contributed by atoms with Crippen LogP contribution in [-0.2, 0) is 0 Å². The van der Waals surface area contributed by atoms with Gasteiger partial charge in [0.2, 0.25) is 0 Å². The summed E-state index contributed by atoms with van der Waals surface area (Å²) in [6.07, 6.45) is 1.81. The topological polar surface area (TPSA) is 41.3 Å². The van der Waals surface area contributed by atoms with Gasteiger partial charge in [-0.1, -0.05) is 42.5 Å². The molecule has 0 bridgehead atoms. The molecule has 2 atom stereocenters. The largest absolute Gasteiger partial charge is 0.459 e. The number of rotatable bonds is 4. The van der Waals surface area contributed by atoms with Gasteiger partial charge in [-0.2, -0.15) is 0 Å². The van der Waals surface area contributed by atoms with Crippen LogP contribution in [0, 0.1) is 13.8 Å². The van der Waals surface area contributed by atoms with Gasteiger partial charge in [0.1, 0.15) is 17.6 Å². The van der Waals surface area contributed by atoms with Gasteiger partial charge in [0, 0.05) is 17.4 Å². The number of benzene rings is 2. The van der Waals surface area contributed by atoms with E-state index in [0.29, 0.717) is 5.11 Å². The molecule has 4 nitrogen and oxygen atoms in total. The Balaban J connectivity index is 1.61. The monoisotopic (exact) mass is 425 g/mol. The number of aromatic nitrogens is 1. The molecule has 1 fully saturated rings. The second-order valence-corrected chi connectivity index (χ2v) is 8.22. The summed E-state index contributed by atoms with van der Waals surface area (Å²) in [7, 11) is 0. The zero-order valence-electron chi connectivity index (χ0n) is 17.4. The molecule has 154 valence electrons. The molecule has 2 aromatic carbocycles. The molecule has 0 spiro atoms. The molecule has 0 aliphatic carbocycles. The summed E-state index contributed by atoms with van der Waals surface area (Å²) in [6, 6.07) is 26.3. The normalized spacial score (nSPS) is 18.3. The van der Waals surface area contributed by atoms with E-state index in [9.17, 15) is 0 Å². The lowest BCUT2D eigenvalue weighted by molar-refractivity contribution is 0.439. The standard InChI is InChI=1S/C26H23N3OS/c1-17-11-12-20(16-18(17)2)29-25(24(28-26(29)31)21-10-6-7-15-27-21)23-14-13-22(30-23)19-8-4-3-5-9-19/h3-16,24-25H,1-2H3,(H,28,31)/t24-,25-/m0/s1. The lowest BCUT2D eigenvalue weighted by atomic mass is 10.0. The molecule has 5 heteroatoms. The Morgan fingerprint density at radius 3 is 2.45 bits per heavy atom. The van der Waals surface area contributed by atoms with Gasteiger partial charge < -0.3 is 14.6 Å². The predicted octanol–water partition coefficient (Wildman–Crippen LogP) is 6.14. The minimum absolute atomic E-state index is 0.120. The minimum atomic E-state index is -0.151. The van der Waals surface area contributed by atoms with Gasteiger partial charge in [0.05, 0.1) is 11.7 Å². The Morgan fingerprint density at radius 2 is 1.71 bits per heavy atom. The molecule has 1 N–H and O–H groups in total. The number of hydrogen-bond acceptors (Lipinski definition) is 3. The Kier molecular flexibility index (Phi) is 5.04. The molecule has 0 radical (unpaired) electrons. The lowest BCUT2D eigenvalue weighted by Gasteiger charge is -2.26. The lowest BCUT2D eigenvalue weighted by Crippen LogP contribution is -2.29. The van der Waals surface area contributed by atoms with Crippen molar-refractivity contribution in [2.75, 3.05) is 4.90 Å². The van der Waals surface area contributed by atoms with Crippen molar-refractivity contribution >= 4 is 23.0 Å². The molecule has 1 saturated heterocycles. The first-order chi connectivity index (χ1) is 15.1. The van der Waals surface area contributed by atoms with Crippen molar-refractivity contribution in [1.29, 1.82) is 0 Å². The molecule has 31 heavy (non-hydrogen) atoms. The maximum Gasteiger partial charge on any atom is 0.174 e. The predicted molar refractivity (Wildman–Crippen MR) is 128 cm³/mol. The summed E-state index contributed by atoms with van der Waals surface area (Å²) < 4.78 is 6.39. The molecule has 1 aliphatic heterocycles. The average Bonchev–Trinajstić information content (AvgIpc) is 3.41. The van der Waals surface area contributed by atoms with Gasteiger partial charge in [0.15, 0.2) is 5.11 Å². The summed E-state index contributed by atoms with van der Waals surface area (Å²) in [5.74, 6) is 1.69. The van der Waals surface area contributed by atoms with Crippen LogP contribution in [0.25, 0.3) is 11.3 Å². The van der Waals surface area contributed by atoms with Crippen LogP contribution in [0.3, 0.4) is 0 Å². The maximum atomic E-state index is 6.39. The highest BCUT2D eigenvalue weighted by Crippen LogP contribution is 2.43. The van der Waals surface area contributed by atoms with E-state index in [2.05, 4.69) is 59.4 Å². The Morgan fingerprint density at radius 1 is 0.903 bits per heavy atom. The maximum absolute atomic E-state index is 6.39. The molecule has 2 aromatic heterocycles. The summed E-state index contributed by atoms with van der Waals surface area (Å²) in [5.41, 5.74) is 5.50. The van der Waals surface area contributed by atoms with Gasteiger partial charge in [0.25, 0.3) is 0 Å². The fourth-order valence-corrected chi connectivity index (χ4v) is 4.41. The van der Waals surface area contributed by atoms with E-state index in [1.165, 1.54) is 11.1 Å². The van der Waals surface area contributed by atoms with Crippen molar-refractivity contribution in [2.45, 2.75) is 25.9 Å². The van der Waals surface area contributed by atoms with E-state index in [1.54, 1.807) is 0 Å². The number of nitrogens with one attached hydrogen (secondary N) is 1. The van der Waals surface area contributed by atoms with Crippen LogP contribution < -0.4 is 10.2 Å². The van der Waals surface area contributed by atoms with Crippen LogP contribution >= 0.6 is 12.2 Å². The van der Waals surface area contributed by atoms with Crippen LogP contribution in [0.4, 0.5) is 5.69 Å².